The summed E-state index contributed by atoms with van der Waals surface area (Å²) >= 11 is 0. The summed E-state index contributed by atoms with van der Waals surface area (Å²) in [5, 5.41) is 3.83. The molecule has 100 valence electrons. The Kier molecular flexibility index (Phi) is 3.16. The van der Waals surface area contributed by atoms with Crippen molar-refractivity contribution in [2.45, 2.75) is 31.9 Å². The van der Waals surface area contributed by atoms with Crippen LogP contribution < -0.4 is 10.5 Å². The Morgan fingerprint density at radius 2 is 2.21 bits per heavy atom. The fourth-order valence-corrected chi connectivity index (χ4v) is 1.79. The van der Waals surface area contributed by atoms with Crippen molar-refractivity contribution in [2.24, 2.45) is 5.73 Å². The van der Waals surface area contributed by atoms with Crippen LogP contribution in [-0.4, -0.2) is 10.1 Å². The highest BCUT2D eigenvalue weighted by molar-refractivity contribution is 5.29. The van der Waals surface area contributed by atoms with Crippen molar-refractivity contribution in [3.05, 3.63) is 41.3 Å². The molecule has 1 aromatic heterocycles. The summed E-state index contributed by atoms with van der Waals surface area (Å²) in [6.07, 6.45) is 2.21. The Hall–Kier alpha value is -1.95. The summed E-state index contributed by atoms with van der Waals surface area (Å²) in [6, 6.07) is 4.39. The lowest BCUT2D eigenvalue weighted by atomic mass is 10.2. The predicted molar refractivity (Wildman–Crippen MR) is 64.9 cm³/mol. The summed E-state index contributed by atoms with van der Waals surface area (Å²) in [5.41, 5.74) is 6.16. The summed E-state index contributed by atoms with van der Waals surface area (Å²) in [6.45, 7) is 0.422. The Labute approximate surface area is 109 Å². The molecule has 2 N–H and O–H groups in total. The van der Waals surface area contributed by atoms with E-state index in [9.17, 15) is 4.39 Å². The minimum atomic E-state index is -0.371. The normalized spacial score (nSPS) is 14.6. The van der Waals surface area contributed by atoms with Gasteiger partial charge in [0.25, 0.3) is 0 Å². The molecule has 0 amide bonds. The summed E-state index contributed by atoms with van der Waals surface area (Å²) in [4.78, 5) is 4.23. The van der Waals surface area contributed by atoms with Gasteiger partial charge in [-0.25, -0.2) is 4.39 Å². The summed E-state index contributed by atoms with van der Waals surface area (Å²) in [7, 11) is 0. The number of hydrogen-bond donors (Lipinski definition) is 1. The lowest BCUT2D eigenvalue weighted by Crippen LogP contribution is -2.01. The molecule has 0 unspecified atom stereocenters. The van der Waals surface area contributed by atoms with E-state index in [1.165, 1.54) is 12.1 Å². The van der Waals surface area contributed by atoms with Gasteiger partial charge in [-0.15, -0.1) is 0 Å². The average Bonchev–Trinajstić information content (AvgIpc) is 3.15. The van der Waals surface area contributed by atoms with Crippen LogP contribution in [0.25, 0.3) is 0 Å². The van der Waals surface area contributed by atoms with Crippen LogP contribution in [0.4, 0.5) is 4.39 Å². The second-order valence-electron chi connectivity index (χ2n) is 4.61. The first-order valence-electron chi connectivity index (χ1n) is 6.19. The molecule has 0 atom stereocenters. The minimum absolute atomic E-state index is 0.156. The van der Waals surface area contributed by atoms with E-state index in [0.29, 0.717) is 28.9 Å². The second-order valence-corrected chi connectivity index (χ2v) is 4.61. The van der Waals surface area contributed by atoms with Crippen LogP contribution in [0, 0.1) is 5.82 Å². The van der Waals surface area contributed by atoms with Crippen LogP contribution in [0.15, 0.2) is 22.7 Å². The Morgan fingerprint density at radius 1 is 1.37 bits per heavy atom. The molecule has 1 aliphatic rings. The van der Waals surface area contributed by atoms with E-state index in [1.807, 2.05) is 0 Å². The predicted octanol–water partition coefficient (Wildman–Crippen LogP) is 2.12. The lowest BCUT2D eigenvalue weighted by Gasteiger charge is -2.05. The van der Waals surface area contributed by atoms with Crippen LogP contribution >= 0.6 is 0 Å². The van der Waals surface area contributed by atoms with Gasteiger partial charge in [0.1, 0.15) is 11.6 Å². The highest BCUT2D eigenvalue weighted by Gasteiger charge is 2.29. The number of rotatable bonds is 5. The van der Waals surface area contributed by atoms with Gasteiger partial charge in [-0.1, -0.05) is 5.16 Å². The zero-order valence-electron chi connectivity index (χ0n) is 10.3. The largest absolute Gasteiger partial charge is 0.485 e. The fraction of sp³-hybridized carbons (Fsp3) is 0.385. The monoisotopic (exact) mass is 263 g/mol. The second kappa shape index (κ2) is 4.97. The topological polar surface area (TPSA) is 74.2 Å². The van der Waals surface area contributed by atoms with Gasteiger partial charge < -0.3 is 15.0 Å². The highest BCUT2D eigenvalue weighted by atomic mass is 19.1. The molecule has 0 bridgehead atoms. The number of benzene rings is 1. The van der Waals surface area contributed by atoms with Gasteiger partial charge in [-0.05, 0) is 30.5 Å². The Morgan fingerprint density at radius 3 is 2.95 bits per heavy atom. The first kappa shape index (κ1) is 12.1. The van der Waals surface area contributed by atoms with Crippen molar-refractivity contribution in [1.82, 2.24) is 10.1 Å². The maximum atomic E-state index is 13.3. The van der Waals surface area contributed by atoms with Gasteiger partial charge in [-0.3, -0.25) is 0 Å². The Bertz CT molecular complexity index is 581. The van der Waals surface area contributed by atoms with E-state index < -0.39 is 0 Å². The maximum Gasteiger partial charge on any atom is 0.229 e. The van der Waals surface area contributed by atoms with Crippen LogP contribution in [0.5, 0.6) is 5.75 Å². The summed E-state index contributed by atoms with van der Waals surface area (Å²) < 4.78 is 23.8. The number of hydrogen-bond acceptors (Lipinski definition) is 5. The number of nitrogens with two attached hydrogens (primary N) is 1. The van der Waals surface area contributed by atoms with Gasteiger partial charge in [0.2, 0.25) is 11.7 Å². The van der Waals surface area contributed by atoms with Crippen molar-refractivity contribution in [1.29, 1.82) is 0 Å². The average molecular weight is 263 g/mol. The molecule has 1 saturated carbocycles. The molecule has 0 radical (unpaired) electrons. The van der Waals surface area contributed by atoms with E-state index in [-0.39, 0.29) is 19.0 Å². The smallest absolute Gasteiger partial charge is 0.229 e. The number of ether oxygens (including phenoxy) is 1. The first-order chi connectivity index (χ1) is 9.24. The molecule has 1 aromatic carbocycles. The number of nitrogens with zero attached hydrogens (tertiary/aromatic N) is 2. The number of halogens is 1. The van der Waals surface area contributed by atoms with Gasteiger partial charge in [0, 0.05) is 18.5 Å². The van der Waals surface area contributed by atoms with Gasteiger partial charge in [0.05, 0.1) is 0 Å². The van der Waals surface area contributed by atoms with E-state index in [0.717, 1.165) is 12.8 Å². The van der Waals surface area contributed by atoms with E-state index >= 15 is 0 Å². The molecule has 2 aromatic rings. The third-order valence-corrected chi connectivity index (χ3v) is 2.95. The molecule has 19 heavy (non-hydrogen) atoms. The van der Waals surface area contributed by atoms with Crippen LogP contribution in [0.3, 0.4) is 0 Å². The van der Waals surface area contributed by atoms with Gasteiger partial charge in [-0.2, -0.15) is 4.98 Å². The van der Waals surface area contributed by atoms with Gasteiger partial charge in [0.15, 0.2) is 6.61 Å². The van der Waals surface area contributed by atoms with Gasteiger partial charge >= 0.3 is 0 Å². The fourth-order valence-electron chi connectivity index (χ4n) is 1.79. The zero-order chi connectivity index (χ0) is 13.2. The zero-order valence-corrected chi connectivity index (χ0v) is 10.3. The molecule has 3 rings (SSSR count). The Balaban J connectivity index is 1.65. The van der Waals surface area contributed by atoms with Crippen molar-refractivity contribution in [2.75, 3.05) is 0 Å². The van der Waals surface area contributed by atoms with Crippen molar-refractivity contribution >= 4 is 0 Å². The highest BCUT2D eigenvalue weighted by Crippen LogP contribution is 2.38. The van der Waals surface area contributed by atoms with E-state index in [4.69, 9.17) is 15.0 Å². The molecule has 6 heteroatoms. The summed E-state index contributed by atoms with van der Waals surface area (Å²) in [5.74, 6) is 1.60. The molecule has 0 aliphatic heterocycles. The number of aromatic nitrogens is 2. The SMILES string of the molecule is NCc1cc(F)cc(OCc2noc(C3CC3)n2)c1. The lowest BCUT2D eigenvalue weighted by molar-refractivity contribution is 0.283. The minimum Gasteiger partial charge on any atom is -0.485 e. The quantitative estimate of drug-likeness (QED) is 0.894. The van der Waals surface area contributed by atoms with E-state index in [2.05, 4.69) is 10.1 Å². The molecule has 0 spiro atoms. The van der Waals surface area contributed by atoms with E-state index in [1.54, 1.807) is 6.07 Å². The molecule has 0 saturated heterocycles. The molecular formula is C13H14FN3O2. The van der Waals surface area contributed by atoms with Crippen molar-refractivity contribution in [3.63, 3.8) is 0 Å². The molecule has 1 heterocycles. The van der Waals surface area contributed by atoms with Crippen molar-refractivity contribution in [3.8, 4) is 5.75 Å². The standard InChI is InChI=1S/C13H14FN3O2/c14-10-3-8(6-15)4-11(5-10)18-7-12-16-13(19-17-12)9-1-2-9/h3-5,9H,1-2,6-7,15H2. The maximum absolute atomic E-state index is 13.3. The third kappa shape index (κ3) is 2.90. The van der Waals surface area contributed by atoms with Crippen LogP contribution in [-0.2, 0) is 13.2 Å². The molecule has 5 nitrogen and oxygen atoms in total. The molecular weight excluding hydrogens is 249 g/mol. The third-order valence-electron chi connectivity index (χ3n) is 2.95. The first-order valence-corrected chi connectivity index (χ1v) is 6.19. The van der Waals surface area contributed by atoms with Crippen LogP contribution in [0.1, 0.15) is 36.0 Å². The van der Waals surface area contributed by atoms with Crippen molar-refractivity contribution < 1.29 is 13.7 Å². The molecule has 1 aliphatic carbocycles. The van der Waals surface area contributed by atoms with Crippen LogP contribution in [0.2, 0.25) is 0 Å². The molecule has 1 fully saturated rings.